The van der Waals surface area contributed by atoms with Crippen molar-refractivity contribution < 1.29 is 14.1 Å². The standard InChI is InChI=1S/C21H22NO2/c1-21(2,3)24-18-12-10-17(11-13-18)20(23)15-22-14-6-8-16-7-4-5-9-19(16)22/h4-14H,15H2,1-3H3/q+1. The Hall–Kier alpha value is -2.68. The first-order valence-corrected chi connectivity index (χ1v) is 8.12. The first kappa shape index (κ1) is 16.2. The molecule has 0 atom stereocenters. The van der Waals surface area contributed by atoms with E-state index in [4.69, 9.17) is 4.74 Å². The number of nitrogens with zero attached hydrogens (tertiary/aromatic N) is 1. The first-order valence-electron chi connectivity index (χ1n) is 8.12. The molecule has 3 heteroatoms. The van der Waals surface area contributed by atoms with Crippen LogP contribution in [0.4, 0.5) is 0 Å². The van der Waals surface area contributed by atoms with Crippen LogP contribution in [0.5, 0.6) is 5.75 Å². The lowest BCUT2D eigenvalue weighted by molar-refractivity contribution is -0.657. The zero-order chi connectivity index (χ0) is 17.2. The number of aromatic nitrogens is 1. The predicted octanol–water partition coefficient (Wildman–Crippen LogP) is 4.19. The van der Waals surface area contributed by atoms with Crippen LogP contribution in [0.1, 0.15) is 31.1 Å². The second kappa shape index (κ2) is 6.44. The second-order valence-corrected chi connectivity index (χ2v) is 6.86. The fourth-order valence-corrected chi connectivity index (χ4v) is 2.67. The van der Waals surface area contributed by atoms with Crippen molar-refractivity contribution in [2.45, 2.75) is 32.9 Å². The van der Waals surface area contributed by atoms with E-state index in [9.17, 15) is 4.79 Å². The summed E-state index contributed by atoms with van der Waals surface area (Å²) in [5.41, 5.74) is 1.50. The number of ether oxygens (including phenoxy) is 1. The first-order chi connectivity index (χ1) is 11.4. The van der Waals surface area contributed by atoms with Crippen LogP contribution in [0.3, 0.4) is 0 Å². The van der Waals surface area contributed by atoms with E-state index in [1.165, 1.54) is 0 Å². The highest BCUT2D eigenvalue weighted by atomic mass is 16.5. The molecule has 0 aliphatic rings. The van der Waals surface area contributed by atoms with E-state index in [0.717, 1.165) is 16.7 Å². The number of Topliss-reactive ketones (excluding diaryl/α,β-unsaturated/α-hetero) is 1. The van der Waals surface area contributed by atoms with Gasteiger partial charge in [0, 0.05) is 23.1 Å². The molecule has 0 radical (unpaired) electrons. The van der Waals surface area contributed by atoms with Gasteiger partial charge in [0.1, 0.15) is 11.4 Å². The second-order valence-electron chi connectivity index (χ2n) is 6.86. The van der Waals surface area contributed by atoms with Gasteiger partial charge in [-0.05, 0) is 57.2 Å². The minimum Gasteiger partial charge on any atom is -0.488 e. The van der Waals surface area contributed by atoms with Gasteiger partial charge in [-0.1, -0.05) is 12.1 Å². The molecular formula is C21H22NO2+. The van der Waals surface area contributed by atoms with Gasteiger partial charge < -0.3 is 4.74 Å². The molecular weight excluding hydrogens is 298 g/mol. The number of rotatable bonds is 4. The van der Waals surface area contributed by atoms with Gasteiger partial charge in [-0.15, -0.1) is 0 Å². The molecule has 0 bridgehead atoms. The lowest BCUT2D eigenvalue weighted by Crippen LogP contribution is -2.38. The highest BCUT2D eigenvalue weighted by molar-refractivity contribution is 5.95. The van der Waals surface area contributed by atoms with Gasteiger partial charge in [0.05, 0.1) is 0 Å². The van der Waals surface area contributed by atoms with Gasteiger partial charge in [0.15, 0.2) is 6.20 Å². The molecule has 3 aromatic rings. The van der Waals surface area contributed by atoms with Crippen molar-refractivity contribution in [3.8, 4) is 5.75 Å². The molecule has 2 aromatic carbocycles. The summed E-state index contributed by atoms with van der Waals surface area (Å²) in [5, 5.41) is 1.13. The third kappa shape index (κ3) is 3.80. The summed E-state index contributed by atoms with van der Waals surface area (Å²) in [7, 11) is 0. The number of hydrogen-bond donors (Lipinski definition) is 0. The number of carbonyl (C=O) groups is 1. The van der Waals surface area contributed by atoms with Crippen molar-refractivity contribution in [3.05, 3.63) is 72.4 Å². The summed E-state index contributed by atoms with van der Waals surface area (Å²) in [6.07, 6.45) is 1.94. The third-order valence-electron chi connectivity index (χ3n) is 3.70. The maximum absolute atomic E-state index is 12.6. The van der Waals surface area contributed by atoms with Crippen molar-refractivity contribution in [1.82, 2.24) is 0 Å². The van der Waals surface area contributed by atoms with Gasteiger partial charge in [0.25, 0.3) is 0 Å². The molecule has 0 amide bonds. The van der Waals surface area contributed by atoms with E-state index in [2.05, 4.69) is 12.1 Å². The summed E-state index contributed by atoms with van der Waals surface area (Å²) in [6.45, 7) is 6.33. The fourth-order valence-electron chi connectivity index (χ4n) is 2.67. The van der Waals surface area contributed by atoms with Crippen LogP contribution in [-0.2, 0) is 6.54 Å². The molecule has 0 unspecified atom stereocenters. The van der Waals surface area contributed by atoms with E-state index in [1.807, 2.05) is 80.1 Å². The Labute approximate surface area is 142 Å². The Balaban J connectivity index is 1.79. The van der Waals surface area contributed by atoms with E-state index in [1.54, 1.807) is 0 Å². The molecule has 0 aliphatic heterocycles. The number of pyridine rings is 1. The van der Waals surface area contributed by atoms with Gasteiger partial charge in [-0.3, -0.25) is 4.79 Å². The van der Waals surface area contributed by atoms with E-state index in [0.29, 0.717) is 12.1 Å². The highest BCUT2D eigenvalue weighted by Crippen LogP contribution is 2.19. The molecule has 0 N–H and O–H groups in total. The Morgan fingerprint density at radius 1 is 0.958 bits per heavy atom. The van der Waals surface area contributed by atoms with E-state index < -0.39 is 0 Å². The average molecular weight is 320 g/mol. The number of para-hydroxylation sites is 1. The molecule has 0 saturated carbocycles. The van der Waals surface area contributed by atoms with Gasteiger partial charge >= 0.3 is 0 Å². The lowest BCUT2D eigenvalue weighted by atomic mass is 10.1. The topological polar surface area (TPSA) is 30.2 Å². The molecule has 0 saturated heterocycles. The highest BCUT2D eigenvalue weighted by Gasteiger charge is 2.16. The molecule has 0 fully saturated rings. The molecule has 1 heterocycles. The average Bonchev–Trinajstić information content (AvgIpc) is 2.54. The van der Waals surface area contributed by atoms with Crippen molar-refractivity contribution in [2.75, 3.05) is 0 Å². The molecule has 3 nitrogen and oxygen atoms in total. The Morgan fingerprint density at radius 3 is 2.33 bits per heavy atom. The quantitative estimate of drug-likeness (QED) is 0.533. The van der Waals surface area contributed by atoms with Crippen LogP contribution in [0, 0.1) is 0 Å². The summed E-state index contributed by atoms with van der Waals surface area (Å²) >= 11 is 0. The molecule has 0 aliphatic carbocycles. The van der Waals surface area contributed by atoms with E-state index in [-0.39, 0.29) is 11.4 Å². The summed E-state index contributed by atoms with van der Waals surface area (Å²) < 4.78 is 7.78. The number of hydrogen-bond acceptors (Lipinski definition) is 2. The van der Waals surface area contributed by atoms with Crippen molar-refractivity contribution in [2.24, 2.45) is 0 Å². The third-order valence-corrected chi connectivity index (χ3v) is 3.70. The van der Waals surface area contributed by atoms with Crippen LogP contribution >= 0.6 is 0 Å². The van der Waals surface area contributed by atoms with Gasteiger partial charge in [-0.25, -0.2) is 0 Å². The fraction of sp³-hybridized carbons (Fsp3) is 0.238. The normalized spacial score (nSPS) is 11.5. The van der Waals surface area contributed by atoms with E-state index >= 15 is 0 Å². The Kier molecular flexibility index (Phi) is 4.34. The largest absolute Gasteiger partial charge is 0.488 e. The van der Waals surface area contributed by atoms with Crippen molar-refractivity contribution >= 4 is 16.7 Å². The number of benzene rings is 2. The van der Waals surface area contributed by atoms with Crippen molar-refractivity contribution in [3.63, 3.8) is 0 Å². The maximum Gasteiger partial charge on any atom is 0.227 e. The summed E-state index contributed by atoms with van der Waals surface area (Å²) in [5.74, 6) is 0.857. The van der Waals surface area contributed by atoms with Crippen molar-refractivity contribution in [1.29, 1.82) is 0 Å². The Bertz CT molecular complexity index is 856. The summed E-state index contributed by atoms with van der Waals surface area (Å²) in [6, 6.07) is 19.5. The number of carbonyl (C=O) groups excluding carboxylic acids is 1. The number of fused-ring (bicyclic) bond motifs is 1. The zero-order valence-corrected chi connectivity index (χ0v) is 14.3. The van der Waals surface area contributed by atoms with Crippen LogP contribution in [0.15, 0.2) is 66.9 Å². The Morgan fingerprint density at radius 2 is 1.62 bits per heavy atom. The monoisotopic (exact) mass is 320 g/mol. The van der Waals surface area contributed by atoms with Crippen LogP contribution in [0.25, 0.3) is 10.9 Å². The predicted molar refractivity (Wildman–Crippen MR) is 95.3 cm³/mol. The number of ketones is 1. The molecule has 24 heavy (non-hydrogen) atoms. The van der Waals surface area contributed by atoms with Crippen LogP contribution in [0.2, 0.25) is 0 Å². The lowest BCUT2D eigenvalue weighted by Gasteiger charge is -2.21. The zero-order valence-electron chi connectivity index (χ0n) is 14.3. The minimum absolute atomic E-state index is 0.0821. The smallest absolute Gasteiger partial charge is 0.227 e. The summed E-state index contributed by atoms with van der Waals surface area (Å²) in [4.78, 5) is 12.6. The maximum atomic E-state index is 12.6. The molecule has 1 aromatic heterocycles. The van der Waals surface area contributed by atoms with Gasteiger partial charge in [0.2, 0.25) is 17.8 Å². The van der Waals surface area contributed by atoms with Crippen LogP contribution in [-0.4, -0.2) is 11.4 Å². The SMILES string of the molecule is CC(C)(C)Oc1ccc(C(=O)C[n+]2cccc3ccccc32)cc1. The molecule has 0 spiro atoms. The minimum atomic E-state index is -0.246. The molecule has 3 rings (SSSR count). The molecule has 122 valence electrons. The van der Waals surface area contributed by atoms with Gasteiger partial charge in [-0.2, -0.15) is 4.57 Å². The van der Waals surface area contributed by atoms with Crippen LogP contribution < -0.4 is 9.30 Å².